The first kappa shape index (κ1) is 25.5. The van der Waals surface area contributed by atoms with Crippen LogP contribution in [0.1, 0.15) is 38.3 Å². The Hall–Kier alpha value is -1.55. The third-order valence-electron chi connectivity index (χ3n) is 4.47. The maximum Gasteiger partial charge on any atom is 0.407 e. The summed E-state index contributed by atoms with van der Waals surface area (Å²) in [4.78, 5) is 18.3. The number of aliphatic imine (C=N–C) groups is 1. The lowest BCUT2D eigenvalue weighted by Gasteiger charge is -2.28. The van der Waals surface area contributed by atoms with Gasteiger partial charge in [0.05, 0.1) is 0 Å². The molecule has 164 valence electrons. The Morgan fingerprint density at radius 2 is 1.76 bits per heavy atom. The highest BCUT2D eigenvalue weighted by Crippen LogP contribution is 2.17. The van der Waals surface area contributed by atoms with E-state index >= 15 is 0 Å². The number of alkyl carbamates (subject to hydrolysis) is 1. The van der Waals surface area contributed by atoms with Crippen molar-refractivity contribution in [2.24, 2.45) is 4.99 Å². The fourth-order valence-electron chi connectivity index (χ4n) is 3.10. The molecule has 0 bridgehead atoms. The molecule has 1 aromatic rings. The summed E-state index contributed by atoms with van der Waals surface area (Å²) in [5, 5.41) is 9.39. The van der Waals surface area contributed by atoms with Crippen LogP contribution in [-0.4, -0.2) is 62.3 Å². The van der Waals surface area contributed by atoms with Gasteiger partial charge < -0.3 is 20.7 Å². The van der Waals surface area contributed by atoms with Gasteiger partial charge in [-0.2, -0.15) is 0 Å². The molecule has 1 heterocycles. The third kappa shape index (κ3) is 10.2. The lowest BCUT2D eigenvalue weighted by molar-refractivity contribution is 0.0527. The van der Waals surface area contributed by atoms with Crippen LogP contribution in [0.15, 0.2) is 29.3 Å². The standard InChI is InChI=1S/C21H35N5O2.HI/c1-21(2,3)28-20(27)25-12-7-11-23-19(22-4)24-13-15-26-14-10-17-8-5-6-9-18(17)16-26;/h5-6,8-9H,7,10-16H2,1-4H3,(H,25,27)(H2,22,23,24);1H. The van der Waals surface area contributed by atoms with E-state index in [0.717, 1.165) is 51.5 Å². The maximum atomic E-state index is 11.6. The van der Waals surface area contributed by atoms with Crippen molar-refractivity contribution >= 4 is 36.0 Å². The number of nitrogens with zero attached hydrogens (tertiary/aromatic N) is 2. The van der Waals surface area contributed by atoms with Gasteiger partial charge in [0.25, 0.3) is 0 Å². The monoisotopic (exact) mass is 517 g/mol. The van der Waals surface area contributed by atoms with Gasteiger partial charge in [-0.1, -0.05) is 24.3 Å². The molecule has 7 nitrogen and oxygen atoms in total. The van der Waals surface area contributed by atoms with Crippen molar-refractivity contribution in [2.45, 2.75) is 45.8 Å². The van der Waals surface area contributed by atoms with Crippen molar-refractivity contribution in [3.05, 3.63) is 35.4 Å². The number of guanidine groups is 1. The molecule has 3 N–H and O–H groups in total. The molecule has 0 unspecified atom stereocenters. The number of hydrogen-bond acceptors (Lipinski definition) is 4. The normalized spacial score (nSPS) is 14.4. The van der Waals surface area contributed by atoms with Gasteiger partial charge in [0.1, 0.15) is 5.60 Å². The highest BCUT2D eigenvalue weighted by atomic mass is 127. The summed E-state index contributed by atoms with van der Waals surface area (Å²) in [5.41, 5.74) is 2.45. The molecule has 29 heavy (non-hydrogen) atoms. The lowest BCUT2D eigenvalue weighted by Crippen LogP contribution is -2.43. The SMILES string of the molecule is CN=C(NCCCNC(=O)OC(C)(C)C)NCCN1CCc2ccccc2C1.I. The molecule has 0 spiro atoms. The molecular formula is C21H36IN5O2. The van der Waals surface area contributed by atoms with Gasteiger partial charge in [0.2, 0.25) is 0 Å². The Bertz CT molecular complexity index is 661. The number of nitrogens with one attached hydrogen (secondary N) is 3. The third-order valence-corrected chi connectivity index (χ3v) is 4.47. The van der Waals surface area contributed by atoms with E-state index in [1.807, 2.05) is 20.8 Å². The van der Waals surface area contributed by atoms with E-state index in [1.54, 1.807) is 7.05 Å². The molecule has 0 atom stereocenters. The van der Waals surface area contributed by atoms with E-state index in [-0.39, 0.29) is 30.1 Å². The first-order valence-corrected chi connectivity index (χ1v) is 10.1. The van der Waals surface area contributed by atoms with Crippen molar-refractivity contribution in [1.82, 2.24) is 20.9 Å². The number of ether oxygens (including phenoxy) is 1. The smallest absolute Gasteiger partial charge is 0.407 e. The summed E-state index contributed by atoms with van der Waals surface area (Å²) >= 11 is 0. The Morgan fingerprint density at radius 3 is 2.45 bits per heavy atom. The summed E-state index contributed by atoms with van der Waals surface area (Å²) in [6.45, 7) is 10.8. The second kappa shape index (κ2) is 12.9. The molecule has 0 radical (unpaired) electrons. The minimum atomic E-state index is -0.468. The highest BCUT2D eigenvalue weighted by Gasteiger charge is 2.16. The fourth-order valence-corrected chi connectivity index (χ4v) is 3.10. The first-order valence-electron chi connectivity index (χ1n) is 10.1. The van der Waals surface area contributed by atoms with E-state index < -0.39 is 5.60 Å². The number of halogens is 1. The van der Waals surface area contributed by atoms with Crippen LogP contribution in [0.25, 0.3) is 0 Å². The highest BCUT2D eigenvalue weighted by molar-refractivity contribution is 14.0. The second-order valence-electron chi connectivity index (χ2n) is 8.00. The molecule has 0 aliphatic carbocycles. The number of hydrogen-bond donors (Lipinski definition) is 3. The van der Waals surface area contributed by atoms with E-state index in [4.69, 9.17) is 4.74 Å². The van der Waals surface area contributed by atoms with Gasteiger partial charge >= 0.3 is 6.09 Å². The summed E-state index contributed by atoms with van der Waals surface area (Å²) in [7, 11) is 1.77. The van der Waals surface area contributed by atoms with Crippen molar-refractivity contribution in [3.8, 4) is 0 Å². The van der Waals surface area contributed by atoms with Crippen LogP contribution in [0.5, 0.6) is 0 Å². The minimum Gasteiger partial charge on any atom is -0.444 e. The fraction of sp³-hybridized carbons (Fsp3) is 0.619. The van der Waals surface area contributed by atoms with Gasteiger partial charge in [0.15, 0.2) is 5.96 Å². The Labute approximate surface area is 192 Å². The van der Waals surface area contributed by atoms with Gasteiger partial charge in [-0.25, -0.2) is 4.79 Å². The zero-order chi connectivity index (χ0) is 20.4. The molecule has 0 fully saturated rings. The summed E-state index contributed by atoms with van der Waals surface area (Å²) < 4.78 is 5.21. The zero-order valence-corrected chi connectivity index (χ0v) is 20.4. The van der Waals surface area contributed by atoms with Crippen LogP contribution in [0.4, 0.5) is 4.79 Å². The molecule has 8 heteroatoms. The van der Waals surface area contributed by atoms with Gasteiger partial charge in [-0.15, -0.1) is 24.0 Å². The summed E-state index contributed by atoms with van der Waals surface area (Å²) in [6, 6.07) is 8.69. The molecule has 1 amide bonds. The Kier molecular flexibility index (Phi) is 11.3. The quantitative estimate of drug-likeness (QED) is 0.225. The van der Waals surface area contributed by atoms with Crippen LogP contribution in [0, 0.1) is 0 Å². The van der Waals surface area contributed by atoms with Gasteiger partial charge in [0, 0.05) is 46.3 Å². The first-order chi connectivity index (χ1) is 13.4. The molecule has 0 saturated carbocycles. The number of fused-ring (bicyclic) bond motifs is 1. The van der Waals surface area contributed by atoms with Crippen LogP contribution in [-0.2, 0) is 17.7 Å². The number of carbonyl (C=O) groups is 1. The molecule has 1 aliphatic rings. The molecule has 1 aliphatic heterocycles. The van der Waals surface area contributed by atoms with Crippen molar-refractivity contribution in [3.63, 3.8) is 0 Å². The Morgan fingerprint density at radius 1 is 1.10 bits per heavy atom. The summed E-state index contributed by atoms with van der Waals surface area (Å²) in [5.74, 6) is 0.787. The summed E-state index contributed by atoms with van der Waals surface area (Å²) in [6.07, 6.45) is 1.54. The zero-order valence-electron chi connectivity index (χ0n) is 18.1. The van der Waals surface area contributed by atoms with E-state index in [0.29, 0.717) is 6.54 Å². The van der Waals surface area contributed by atoms with Gasteiger partial charge in [-0.3, -0.25) is 9.89 Å². The van der Waals surface area contributed by atoms with Crippen molar-refractivity contribution < 1.29 is 9.53 Å². The average molecular weight is 517 g/mol. The molecule has 0 saturated heterocycles. The number of benzene rings is 1. The number of rotatable bonds is 7. The van der Waals surface area contributed by atoms with Crippen LogP contribution < -0.4 is 16.0 Å². The Balaban J connectivity index is 0.00000420. The second-order valence-corrected chi connectivity index (χ2v) is 8.00. The van der Waals surface area contributed by atoms with Crippen molar-refractivity contribution in [2.75, 3.05) is 39.8 Å². The van der Waals surface area contributed by atoms with Crippen LogP contribution in [0.3, 0.4) is 0 Å². The minimum absolute atomic E-state index is 0. The molecule has 2 rings (SSSR count). The topological polar surface area (TPSA) is 78.0 Å². The van der Waals surface area contributed by atoms with E-state index in [1.165, 1.54) is 11.1 Å². The molecule has 0 aromatic heterocycles. The molecule has 1 aromatic carbocycles. The predicted molar refractivity (Wildman–Crippen MR) is 129 cm³/mol. The molecular weight excluding hydrogens is 481 g/mol. The lowest BCUT2D eigenvalue weighted by atomic mass is 10.00. The van der Waals surface area contributed by atoms with Crippen LogP contribution in [0.2, 0.25) is 0 Å². The maximum absolute atomic E-state index is 11.6. The number of carbonyl (C=O) groups excluding carboxylic acids is 1. The van der Waals surface area contributed by atoms with E-state index in [2.05, 4.69) is 50.1 Å². The average Bonchev–Trinajstić information content (AvgIpc) is 2.64. The van der Waals surface area contributed by atoms with E-state index in [9.17, 15) is 4.79 Å². The number of amides is 1. The largest absolute Gasteiger partial charge is 0.444 e. The van der Waals surface area contributed by atoms with Gasteiger partial charge in [-0.05, 0) is 44.7 Å². The predicted octanol–water partition coefficient (Wildman–Crippen LogP) is 2.74. The van der Waals surface area contributed by atoms with Crippen molar-refractivity contribution in [1.29, 1.82) is 0 Å². The van der Waals surface area contributed by atoms with Crippen LogP contribution >= 0.6 is 24.0 Å².